The summed E-state index contributed by atoms with van der Waals surface area (Å²) in [5, 5.41) is 4.78. The van der Waals surface area contributed by atoms with Gasteiger partial charge in [-0.2, -0.15) is 0 Å². The zero-order valence-electron chi connectivity index (χ0n) is 14.5. The number of amides is 2. The number of anilines is 2. The van der Waals surface area contributed by atoms with Crippen molar-refractivity contribution in [3.05, 3.63) is 35.4 Å². The summed E-state index contributed by atoms with van der Waals surface area (Å²) in [6, 6.07) is 1.74. The molecule has 0 heterocycles. The zero-order chi connectivity index (χ0) is 18.2. The Kier molecular flexibility index (Phi) is 4.78. The van der Waals surface area contributed by atoms with E-state index < -0.39 is 17.5 Å². The van der Waals surface area contributed by atoms with Crippen LogP contribution in [0.15, 0.2) is 23.8 Å². The lowest BCUT2D eigenvalue weighted by Crippen LogP contribution is -2.18. The van der Waals surface area contributed by atoms with Gasteiger partial charge in [-0.1, -0.05) is 25.5 Å². The molecule has 1 aromatic carbocycles. The standard InChI is InChI=1S/C18H22F2N2O2/c1-9(2)6-11-16(18(11,4)5)17(24)22-15-8-14(21-10(3)23)12(19)7-13(15)20/h6-8,11,16H,1-5H3,(H,21,23)(H,22,24)/t11-,16-/m0/s1. The van der Waals surface area contributed by atoms with Gasteiger partial charge in [0.1, 0.15) is 11.6 Å². The summed E-state index contributed by atoms with van der Waals surface area (Å²) >= 11 is 0. The summed E-state index contributed by atoms with van der Waals surface area (Å²) in [6.45, 7) is 9.10. The second kappa shape index (κ2) is 6.34. The van der Waals surface area contributed by atoms with E-state index in [2.05, 4.69) is 10.6 Å². The molecule has 1 aliphatic rings. The lowest BCUT2D eigenvalue weighted by Gasteiger charge is -2.11. The number of halogens is 2. The van der Waals surface area contributed by atoms with E-state index in [1.165, 1.54) is 6.92 Å². The monoisotopic (exact) mass is 336 g/mol. The van der Waals surface area contributed by atoms with Gasteiger partial charge in [0.25, 0.3) is 0 Å². The molecule has 1 aromatic rings. The van der Waals surface area contributed by atoms with Gasteiger partial charge in [-0.05, 0) is 31.2 Å². The molecule has 0 aliphatic heterocycles. The predicted molar refractivity (Wildman–Crippen MR) is 89.5 cm³/mol. The van der Waals surface area contributed by atoms with Gasteiger partial charge in [0.15, 0.2) is 0 Å². The zero-order valence-corrected chi connectivity index (χ0v) is 14.5. The molecule has 130 valence electrons. The first-order chi connectivity index (χ1) is 11.0. The van der Waals surface area contributed by atoms with E-state index in [-0.39, 0.29) is 34.5 Å². The minimum atomic E-state index is -0.894. The van der Waals surface area contributed by atoms with Crippen LogP contribution in [0.25, 0.3) is 0 Å². The third-order valence-electron chi connectivity index (χ3n) is 4.33. The minimum Gasteiger partial charge on any atom is -0.324 e. The number of carbonyl (C=O) groups excluding carboxylic acids is 2. The first-order valence-electron chi connectivity index (χ1n) is 7.76. The predicted octanol–water partition coefficient (Wildman–Crippen LogP) is 4.10. The van der Waals surface area contributed by atoms with Crippen molar-refractivity contribution in [3.63, 3.8) is 0 Å². The van der Waals surface area contributed by atoms with Crippen LogP contribution in [0.1, 0.15) is 34.6 Å². The van der Waals surface area contributed by atoms with Crippen LogP contribution >= 0.6 is 0 Å². The highest BCUT2D eigenvalue weighted by atomic mass is 19.1. The van der Waals surface area contributed by atoms with Crippen molar-refractivity contribution in [2.75, 3.05) is 10.6 Å². The second-order valence-corrected chi connectivity index (χ2v) is 7.05. The Balaban J connectivity index is 2.21. The van der Waals surface area contributed by atoms with Gasteiger partial charge >= 0.3 is 0 Å². The first-order valence-corrected chi connectivity index (χ1v) is 7.76. The van der Waals surface area contributed by atoms with Crippen molar-refractivity contribution < 1.29 is 18.4 Å². The van der Waals surface area contributed by atoms with Crippen LogP contribution in [0.2, 0.25) is 0 Å². The SMILES string of the molecule is CC(=O)Nc1cc(NC(=O)[C@@H]2[C@H](C=C(C)C)C2(C)C)c(F)cc1F. The number of hydrogen-bond acceptors (Lipinski definition) is 2. The molecule has 2 rings (SSSR count). The van der Waals surface area contributed by atoms with Crippen molar-refractivity contribution in [1.29, 1.82) is 0 Å². The molecular formula is C18H22F2N2O2. The molecule has 0 unspecified atom stereocenters. The highest BCUT2D eigenvalue weighted by Gasteiger charge is 2.60. The van der Waals surface area contributed by atoms with Crippen molar-refractivity contribution in [1.82, 2.24) is 0 Å². The van der Waals surface area contributed by atoms with E-state index in [0.29, 0.717) is 6.07 Å². The lowest BCUT2D eigenvalue weighted by molar-refractivity contribution is -0.118. The minimum absolute atomic E-state index is 0.0841. The number of nitrogens with one attached hydrogen (secondary N) is 2. The fraction of sp³-hybridized carbons (Fsp3) is 0.444. The average molecular weight is 336 g/mol. The third kappa shape index (κ3) is 3.63. The van der Waals surface area contributed by atoms with Crippen molar-refractivity contribution in [2.24, 2.45) is 17.3 Å². The van der Waals surface area contributed by atoms with E-state index in [1.54, 1.807) is 0 Å². The van der Waals surface area contributed by atoms with Gasteiger partial charge in [0.05, 0.1) is 17.3 Å². The van der Waals surface area contributed by atoms with Crippen LogP contribution in [0.5, 0.6) is 0 Å². The van der Waals surface area contributed by atoms with Crippen molar-refractivity contribution >= 4 is 23.2 Å². The molecule has 1 aliphatic carbocycles. The van der Waals surface area contributed by atoms with Gasteiger partial charge in [-0.15, -0.1) is 0 Å². The number of hydrogen-bond donors (Lipinski definition) is 2. The first kappa shape index (κ1) is 18.1. The molecule has 0 aromatic heterocycles. The maximum absolute atomic E-state index is 13.9. The third-order valence-corrected chi connectivity index (χ3v) is 4.33. The second-order valence-electron chi connectivity index (χ2n) is 7.05. The lowest BCUT2D eigenvalue weighted by atomic mass is 10.1. The van der Waals surface area contributed by atoms with E-state index in [4.69, 9.17) is 0 Å². The van der Waals surface area contributed by atoms with Crippen molar-refractivity contribution in [2.45, 2.75) is 34.6 Å². The van der Waals surface area contributed by atoms with Gasteiger partial charge in [-0.3, -0.25) is 9.59 Å². The molecule has 4 nitrogen and oxygen atoms in total. The molecule has 1 saturated carbocycles. The fourth-order valence-electron chi connectivity index (χ4n) is 2.99. The van der Waals surface area contributed by atoms with Crippen LogP contribution in [0.3, 0.4) is 0 Å². The molecule has 1 fully saturated rings. The number of carbonyl (C=O) groups is 2. The molecule has 0 radical (unpaired) electrons. The van der Waals surface area contributed by atoms with Gasteiger partial charge < -0.3 is 10.6 Å². The highest BCUT2D eigenvalue weighted by Crippen LogP contribution is 2.59. The van der Waals surface area contributed by atoms with Gasteiger partial charge in [-0.25, -0.2) is 8.78 Å². The summed E-state index contributed by atoms with van der Waals surface area (Å²) in [5.74, 6) is -2.77. The molecule has 0 spiro atoms. The Hall–Kier alpha value is -2.24. The summed E-state index contributed by atoms with van der Waals surface area (Å²) in [4.78, 5) is 23.5. The smallest absolute Gasteiger partial charge is 0.228 e. The highest BCUT2D eigenvalue weighted by molar-refractivity contribution is 5.97. The van der Waals surface area contributed by atoms with E-state index in [1.807, 2.05) is 33.8 Å². The normalized spacial score (nSPS) is 21.0. The molecule has 2 N–H and O–H groups in total. The summed E-state index contributed by atoms with van der Waals surface area (Å²) in [5.41, 5.74) is 0.585. The molecule has 2 atom stereocenters. The maximum atomic E-state index is 13.9. The molecule has 0 bridgehead atoms. The van der Waals surface area contributed by atoms with Crippen LogP contribution in [0, 0.1) is 28.9 Å². The Morgan fingerprint density at radius 3 is 2.08 bits per heavy atom. The van der Waals surface area contributed by atoms with Crippen LogP contribution in [-0.4, -0.2) is 11.8 Å². The average Bonchev–Trinajstić information content (AvgIpc) is 2.95. The van der Waals surface area contributed by atoms with Gasteiger partial charge in [0, 0.05) is 13.0 Å². The van der Waals surface area contributed by atoms with E-state index in [9.17, 15) is 18.4 Å². The topological polar surface area (TPSA) is 58.2 Å². The maximum Gasteiger partial charge on any atom is 0.228 e. The summed E-state index contributed by atoms with van der Waals surface area (Å²) in [6.07, 6.45) is 2.04. The number of benzene rings is 1. The number of allylic oxidation sites excluding steroid dienone is 2. The van der Waals surface area contributed by atoms with E-state index >= 15 is 0 Å². The van der Waals surface area contributed by atoms with Gasteiger partial charge in [0.2, 0.25) is 11.8 Å². The van der Waals surface area contributed by atoms with Crippen molar-refractivity contribution in [3.8, 4) is 0 Å². The fourth-order valence-corrected chi connectivity index (χ4v) is 2.99. The Morgan fingerprint density at radius 2 is 1.58 bits per heavy atom. The molecule has 6 heteroatoms. The van der Waals surface area contributed by atoms with Crippen LogP contribution < -0.4 is 10.6 Å². The largest absolute Gasteiger partial charge is 0.324 e. The molecular weight excluding hydrogens is 314 g/mol. The Labute approximate surface area is 140 Å². The summed E-state index contributed by atoms with van der Waals surface area (Å²) in [7, 11) is 0. The Bertz CT molecular complexity index is 722. The Morgan fingerprint density at radius 1 is 1.04 bits per heavy atom. The van der Waals surface area contributed by atoms with Crippen LogP contribution in [0.4, 0.5) is 20.2 Å². The summed E-state index contributed by atoms with van der Waals surface area (Å²) < 4.78 is 27.6. The quantitative estimate of drug-likeness (QED) is 0.813. The van der Waals surface area contributed by atoms with E-state index in [0.717, 1.165) is 11.6 Å². The molecule has 0 saturated heterocycles. The molecule has 2 amide bonds. The molecule has 24 heavy (non-hydrogen) atoms. The number of rotatable bonds is 4. The van der Waals surface area contributed by atoms with Crippen LogP contribution in [-0.2, 0) is 9.59 Å².